The highest BCUT2D eigenvalue weighted by atomic mass is 19.1. The number of rotatable bonds is 8. The molecule has 0 bridgehead atoms. The Morgan fingerprint density at radius 2 is 2.05 bits per heavy atom. The third-order valence-corrected chi connectivity index (χ3v) is 2.76. The average molecular weight is 279 g/mol. The number of nitrogens with one attached hydrogen (secondary N) is 1. The van der Waals surface area contributed by atoms with Crippen LogP contribution in [-0.4, -0.2) is 24.4 Å². The molecule has 20 heavy (non-hydrogen) atoms. The van der Waals surface area contributed by atoms with Crippen LogP contribution in [0.4, 0.5) is 4.39 Å². The monoisotopic (exact) mass is 279 g/mol. The van der Waals surface area contributed by atoms with Gasteiger partial charge >= 0.3 is 0 Å². The molecule has 0 radical (unpaired) electrons. The summed E-state index contributed by atoms with van der Waals surface area (Å²) in [7, 11) is 0. The molecule has 0 saturated carbocycles. The number of benzene rings is 1. The van der Waals surface area contributed by atoms with Gasteiger partial charge < -0.3 is 19.6 Å². The second-order valence-electron chi connectivity index (χ2n) is 4.51. The van der Waals surface area contributed by atoms with Gasteiger partial charge in [-0.1, -0.05) is 12.1 Å². The van der Waals surface area contributed by atoms with Gasteiger partial charge in [0.25, 0.3) is 0 Å². The van der Waals surface area contributed by atoms with Crippen LogP contribution in [0.5, 0.6) is 0 Å². The van der Waals surface area contributed by atoms with Gasteiger partial charge in [0.1, 0.15) is 18.2 Å². The molecule has 4 nitrogen and oxygen atoms in total. The third-order valence-electron chi connectivity index (χ3n) is 2.76. The van der Waals surface area contributed by atoms with Crippen LogP contribution in [0.3, 0.4) is 0 Å². The molecule has 1 aromatic carbocycles. The second kappa shape index (κ2) is 7.79. The predicted octanol–water partition coefficient (Wildman–Crippen LogP) is 2.09. The third kappa shape index (κ3) is 5.13. The molecule has 1 aromatic heterocycles. The zero-order chi connectivity index (χ0) is 14.2. The molecule has 1 atom stereocenters. The summed E-state index contributed by atoms with van der Waals surface area (Å²) in [5.41, 5.74) is 0.968. The molecule has 2 rings (SSSR count). The minimum atomic E-state index is -0.592. The van der Waals surface area contributed by atoms with Gasteiger partial charge in [-0.3, -0.25) is 0 Å². The smallest absolute Gasteiger partial charge is 0.129 e. The first kappa shape index (κ1) is 14.7. The van der Waals surface area contributed by atoms with E-state index in [0.29, 0.717) is 19.7 Å². The van der Waals surface area contributed by atoms with Crippen LogP contribution >= 0.6 is 0 Å². The van der Waals surface area contributed by atoms with E-state index in [9.17, 15) is 9.50 Å². The van der Waals surface area contributed by atoms with Crippen molar-refractivity contribution in [3.63, 3.8) is 0 Å². The summed E-state index contributed by atoms with van der Waals surface area (Å²) in [5, 5.41) is 12.8. The summed E-state index contributed by atoms with van der Waals surface area (Å²) < 4.78 is 23.1. The number of furan rings is 1. The van der Waals surface area contributed by atoms with Crippen LogP contribution in [0, 0.1) is 5.82 Å². The van der Waals surface area contributed by atoms with Crippen LogP contribution in [0.15, 0.2) is 47.1 Å². The maximum atomic E-state index is 12.7. The van der Waals surface area contributed by atoms with Crippen molar-refractivity contribution >= 4 is 0 Å². The number of aliphatic hydroxyl groups is 1. The number of halogens is 1. The van der Waals surface area contributed by atoms with Gasteiger partial charge in [-0.25, -0.2) is 4.39 Å². The average Bonchev–Trinajstić information content (AvgIpc) is 2.94. The summed E-state index contributed by atoms with van der Waals surface area (Å²) in [4.78, 5) is 0. The molecule has 5 heteroatoms. The number of hydrogen-bond donors (Lipinski definition) is 2. The highest BCUT2D eigenvalue weighted by Crippen LogP contribution is 2.03. The Balaban J connectivity index is 1.58. The highest BCUT2D eigenvalue weighted by Gasteiger charge is 2.05. The normalized spacial score (nSPS) is 12.5. The van der Waals surface area contributed by atoms with Gasteiger partial charge in [-0.05, 0) is 29.8 Å². The SMILES string of the molecule is OC(CNCc1ccc(F)cc1)COCc1ccco1. The van der Waals surface area contributed by atoms with Crippen LogP contribution in [-0.2, 0) is 17.9 Å². The molecule has 2 N–H and O–H groups in total. The first-order valence-corrected chi connectivity index (χ1v) is 6.47. The van der Waals surface area contributed by atoms with Crippen LogP contribution in [0.2, 0.25) is 0 Å². The molecule has 0 aliphatic rings. The molecule has 0 aliphatic heterocycles. The summed E-state index contributed by atoms with van der Waals surface area (Å²) in [5.74, 6) is 0.483. The van der Waals surface area contributed by atoms with Crippen molar-refractivity contribution in [2.45, 2.75) is 19.3 Å². The molecule has 0 aliphatic carbocycles. The summed E-state index contributed by atoms with van der Waals surface area (Å²) >= 11 is 0. The molecule has 2 aromatic rings. The van der Waals surface area contributed by atoms with E-state index in [1.165, 1.54) is 12.1 Å². The summed E-state index contributed by atoms with van der Waals surface area (Å²) in [6.07, 6.45) is 0.990. The molecule has 0 amide bonds. The van der Waals surface area contributed by atoms with Gasteiger partial charge in [-0.2, -0.15) is 0 Å². The largest absolute Gasteiger partial charge is 0.467 e. The Morgan fingerprint density at radius 3 is 2.75 bits per heavy atom. The van der Waals surface area contributed by atoms with Crippen molar-refractivity contribution < 1.29 is 18.7 Å². The minimum absolute atomic E-state index is 0.233. The van der Waals surface area contributed by atoms with Crippen molar-refractivity contribution in [2.24, 2.45) is 0 Å². The fourth-order valence-corrected chi connectivity index (χ4v) is 1.73. The first-order chi connectivity index (χ1) is 9.74. The Labute approximate surface area is 117 Å². The van der Waals surface area contributed by atoms with Gasteiger partial charge in [0.05, 0.1) is 19.0 Å². The van der Waals surface area contributed by atoms with E-state index in [1.54, 1.807) is 24.5 Å². The summed E-state index contributed by atoms with van der Waals surface area (Å²) in [6, 6.07) is 9.86. The van der Waals surface area contributed by atoms with E-state index in [1.807, 2.05) is 6.07 Å². The maximum Gasteiger partial charge on any atom is 0.129 e. The van der Waals surface area contributed by atoms with E-state index >= 15 is 0 Å². The lowest BCUT2D eigenvalue weighted by atomic mass is 10.2. The van der Waals surface area contributed by atoms with Gasteiger partial charge in [0.2, 0.25) is 0 Å². The lowest BCUT2D eigenvalue weighted by Gasteiger charge is -2.12. The van der Waals surface area contributed by atoms with E-state index in [2.05, 4.69) is 5.32 Å². The molecule has 1 unspecified atom stereocenters. The van der Waals surface area contributed by atoms with E-state index in [4.69, 9.17) is 9.15 Å². The Bertz CT molecular complexity index is 484. The minimum Gasteiger partial charge on any atom is -0.467 e. The van der Waals surface area contributed by atoms with Crippen LogP contribution in [0.25, 0.3) is 0 Å². The van der Waals surface area contributed by atoms with E-state index < -0.39 is 6.10 Å². The number of ether oxygens (including phenoxy) is 1. The molecule has 108 valence electrons. The van der Waals surface area contributed by atoms with Crippen molar-refractivity contribution in [3.8, 4) is 0 Å². The predicted molar refractivity (Wildman–Crippen MR) is 72.5 cm³/mol. The quantitative estimate of drug-likeness (QED) is 0.777. The fraction of sp³-hybridized carbons (Fsp3) is 0.333. The zero-order valence-electron chi connectivity index (χ0n) is 11.1. The lowest BCUT2D eigenvalue weighted by molar-refractivity contribution is 0.0226. The van der Waals surface area contributed by atoms with Gasteiger partial charge in [-0.15, -0.1) is 0 Å². The maximum absolute atomic E-state index is 12.7. The van der Waals surface area contributed by atoms with Crippen LogP contribution < -0.4 is 5.32 Å². The summed E-state index contributed by atoms with van der Waals surface area (Å²) in [6.45, 7) is 1.57. The second-order valence-corrected chi connectivity index (χ2v) is 4.51. The van der Waals surface area contributed by atoms with Crippen molar-refractivity contribution in [1.82, 2.24) is 5.32 Å². The van der Waals surface area contributed by atoms with E-state index in [-0.39, 0.29) is 12.4 Å². The number of hydrogen-bond acceptors (Lipinski definition) is 4. The van der Waals surface area contributed by atoms with Gasteiger partial charge in [0, 0.05) is 13.1 Å². The first-order valence-electron chi connectivity index (χ1n) is 6.47. The highest BCUT2D eigenvalue weighted by molar-refractivity contribution is 5.15. The van der Waals surface area contributed by atoms with Crippen molar-refractivity contribution in [1.29, 1.82) is 0 Å². The van der Waals surface area contributed by atoms with Crippen molar-refractivity contribution in [2.75, 3.05) is 13.2 Å². The zero-order valence-corrected chi connectivity index (χ0v) is 11.1. The Hall–Kier alpha value is -1.69. The lowest BCUT2D eigenvalue weighted by Crippen LogP contribution is -2.30. The fourth-order valence-electron chi connectivity index (χ4n) is 1.73. The molecular weight excluding hydrogens is 261 g/mol. The van der Waals surface area contributed by atoms with Crippen LogP contribution in [0.1, 0.15) is 11.3 Å². The molecule has 0 fully saturated rings. The molecule has 1 heterocycles. The number of aliphatic hydroxyl groups excluding tert-OH is 1. The molecular formula is C15H18FNO3. The standard InChI is InChI=1S/C15H18FNO3/c16-13-5-3-12(4-6-13)8-17-9-14(18)10-19-11-15-2-1-7-20-15/h1-7,14,17-18H,8-11H2. The van der Waals surface area contributed by atoms with E-state index in [0.717, 1.165) is 11.3 Å². The van der Waals surface area contributed by atoms with Gasteiger partial charge in [0.15, 0.2) is 0 Å². The Kier molecular flexibility index (Phi) is 5.73. The Morgan fingerprint density at radius 1 is 1.25 bits per heavy atom. The van der Waals surface area contributed by atoms with Crippen molar-refractivity contribution in [3.05, 3.63) is 59.8 Å². The molecule has 0 spiro atoms. The molecule has 0 saturated heterocycles. The topological polar surface area (TPSA) is 54.6 Å².